The highest BCUT2D eigenvalue weighted by molar-refractivity contribution is 5.80. The highest BCUT2D eigenvalue weighted by Gasteiger charge is 2.22. The Hall–Kier alpha value is -4.55. The van der Waals surface area contributed by atoms with Gasteiger partial charge in [-0.2, -0.15) is 10.4 Å². The number of imidazole rings is 1. The number of anilines is 2. The highest BCUT2D eigenvalue weighted by atomic mass is 15.3. The summed E-state index contributed by atoms with van der Waals surface area (Å²) in [7, 11) is 1.99. The van der Waals surface area contributed by atoms with Crippen molar-refractivity contribution in [3.05, 3.63) is 77.9 Å². The van der Waals surface area contributed by atoms with Crippen molar-refractivity contribution in [1.82, 2.24) is 34.4 Å². The van der Waals surface area contributed by atoms with Gasteiger partial charge in [0, 0.05) is 36.7 Å². The van der Waals surface area contributed by atoms with Crippen LogP contribution >= 0.6 is 0 Å². The molecule has 1 aliphatic heterocycles. The van der Waals surface area contributed by atoms with E-state index in [4.69, 9.17) is 9.97 Å². The van der Waals surface area contributed by atoms with Gasteiger partial charge < -0.3 is 9.88 Å². The van der Waals surface area contributed by atoms with Crippen molar-refractivity contribution < 1.29 is 0 Å². The number of hydrogen-bond acceptors (Lipinski definition) is 7. The standard InChI is InChI=1S/C28H27N9/c1-19-6-5-7-23(32-19)27-26(22-10-11-25-30-18-31-37(25)17-22)33-28(34-27)35(2)24-14-20(15-29)8-9-21(24)16-36-12-3-4-13-36/h5-11,14,17-18H,3-4,12-13,16H2,1-2H3,(H,33,34). The van der Waals surface area contributed by atoms with Gasteiger partial charge in [-0.1, -0.05) is 12.1 Å². The predicted molar refractivity (Wildman–Crippen MR) is 142 cm³/mol. The molecule has 0 saturated carbocycles. The molecule has 9 heteroatoms. The molecular weight excluding hydrogens is 462 g/mol. The molecule has 1 saturated heterocycles. The van der Waals surface area contributed by atoms with Crippen molar-refractivity contribution in [1.29, 1.82) is 5.26 Å². The first-order valence-electron chi connectivity index (χ1n) is 12.4. The van der Waals surface area contributed by atoms with Crippen molar-refractivity contribution in [3.63, 3.8) is 0 Å². The second kappa shape index (κ2) is 9.48. The molecule has 0 aliphatic carbocycles. The lowest BCUT2D eigenvalue weighted by Crippen LogP contribution is -2.21. The fraction of sp³-hybridized carbons (Fsp3) is 0.250. The summed E-state index contributed by atoms with van der Waals surface area (Å²) in [4.78, 5) is 22.1. The summed E-state index contributed by atoms with van der Waals surface area (Å²) in [6, 6.07) is 18.1. The van der Waals surface area contributed by atoms with Crippen LogP contribution in [-0.2, 0) is 6.54 Å². The summed E-state index contributed by atoms with van der Waals surface area (Å²) < 4.78 is 1.74. The average Bonchev–Trinajstić information content (AvgIpc) is 3.69. The maximum Gasteiger partial charge on any atom is 0.208 e. The normalized spacial score (nSPS) is 13.8. The first kappa shape index (κ1) is 22.9. The van der Waals surface area contributed by atoms with Crippen LogP contribution in [0.15, 0.2) is 61.1 Å². The monoisotopic (exact) mass is 489 g/mol. The molecular formula is C28H27N9. The van der Waals surface area contributed by atoms with Crippen molar-refractivity contribution >= 4 is 17.3 Å². The van der Waals surface area contributed by atoms with Gasteiger partial charge >= 0.3 is 0 Å². The van der Waals surface area contributed by atoms with E-state index in [0.717, 1.165) is 59.3 Å². The third-order valence-electron chi connectivity index (χ3n) is 6.87. The van der Waals surface area contributed by atoms with Crippen molar-refractivity contribution in [2.24, 2.45) is 0 Å². The third-order valence-corrected chi connectivity index (χ3v) is 6.87. The van der Waals surface area contributed by atoms with E-state index in [2.05, 4.69) is 32.1 Å². The van der Waals surface area contributed by atoms with Crippen LogP contribution in [0, 0.1) is 18.3 Å². The molecule has 1 aliphatic rings. The molecule has 0 spiro atoms. The number of benzene rings is 1. The number of rotatable bonds is 6. The molecule has 4 aromatic heterocycles. The molecule has 5 heterocycles. The summed E-state index contributed by atoms with van der Waals surface area (Å²) in [5.41, 5.74) is 7.75. The summed E-state index contributed by atoms with van der Waals surface area (Å²) in [5.74, 6) is 0.671. The molecule has 0 unspecified atom stereocenters. The summed E-state index contributed by atoms with van der Waals surface area (Å²) in [6.07, 6.45) is 5.92. The van der Waals surface area contributed by atoms with Crippen LogP contribution in [0.25, 0.3) is 28.3 Å². The number of aryl methyl sites for hydroxylation is 1. The Bertz CT molecular complexity index is 1620. The first-order valence-corrected chi connectivity index (χ1v) is 12.4. The highest BCUT2D eigenvalue weighted by Crippen LogP contribution is 2.35. The van der Waals surface area contributed by atoms with Crippen LogP contribution in [0.2, 0.25) is 0 Å². The van der Waals surface area contributed by atoms with E-state index in [1.54, 1.807) is 4.52 Å². The number of likely N-dealkylation sites (tertiary alicyclic amines) is 1. The van der Waals surface area contributed by atoms with Crippen LogP contribution in [-0.4, -0.2) is 54.6 Å². The minimum Gasteiger partial charge on any atom is -0.322 e. The minimum atomic E-state index is 0.621. The van der Waals surface area contributed by atoms with Crippen LogP contribution < -0.4 is 4.90 Å². The van der Waals surface area contributed by atoms with Crippen LogP contribution in [0.5, 0.6) is 0 Å². The summed E-state index contributed by atoms with van der Waals surface area (Å²) in [5, 5.41) is 13.9. The molecule has 9 nitrogen and oxygen atoms in total. The van der Waals surface area contributed by atoms with Crippen LogP contribution in [0.1, 0.15) is 29.7 Å². The van der Waals surface area contributed by atoms with Gasteiger partial charge in [-0.05, 0) is 74.8 Å². The zero-order valence-corrected chi connectivity index (χ0v) is 20.9. The number of hydrogen-bond donors (Lipinski definition) is 1. The molecule has 0 bridgehead atoms. The van der Waals surface area contributed by atoms with E-state index in [1.807, 2.05) is 67.5 Å². The van der Waals surface area contributed by atoms with Crippen LogP contribution in [0.4, 0.5) is 11.6 Å². The van der Waals surface area contributed by atoms with Gasteiger partial charge in [0.05, 0.1) is 23.0 Å². The molecule has 6 rings (SSSR count). The molecule has 1 fully saturated rings. The number of fused-ring (bicyclic) bond motifs is 1. The minimum absolute atomic E-state index is 0.621. The Morgan fingerprint density at radius 1 is 1.08 bits per heavy atom. The number of aromatic nitrogens is 6. The largest absolute Gasteiger partial charge is 0.322 e. The van der Waals surface area contributed by atoms with Gasteiger partial charge in [0.15, 0.2) is 5.65 Å². The van der Waals surface area contributed by atoms with E-state index < -0.39 is 0 Å². The maximum atomic E-state index is 9.61. The van der Waals surface area contributed by atoms with Crippen molar-refractivity contribution in [2.45, 2.75) is 26.3 Å². The van der Waals surface area contributed by atoms with Gasteiger partial charge in [0.1, 0.15) is 12.0 Å². The quantitative estimate of drug-likeness (QED) is 0.368. The lowest BCUT2D eigenvalue weighted by Gasteiger charge is -2.23. The smallest absolute Gasteiger partial charge is 0.208 e. The Morgan fingerprint density at radius 2 is 1.95 bits per heavy atom. The number of pyridine rings is 2. The zero-order valence-electron chi connectivity index (χ0n) is 20.9. The Morgan fingerprint density at radius 3 is 2.76 bits per heavy atom. The van der Waals surface area contributed by atoms with Crippen molar-refractivity contribution in [3.8, 4) is 28.7 Å². The lowest BCUT2D eigenvalue weighted by molar-refractivity contribution is 0.331. The lowest BCUT2D eigenvalue weighted by atomic mass is 10.1. The fourth-order valence-corrected chi connectivity index (χ4v) is 4.93. The Kier molecular flexibility index (Phi) is 5.87. The van der Waals surface area contributed by atoms with E-state index in [-0.39, 0.29) is 0 Å². The maximum absolute atomic E-state index is 9.61. The van der Waals surface area contributed by atoms with Gasteiger partial charge in [-0.25, -0.2) is 14.5 Å². The van der Waals surface area contributed by atoms with Gasteiger partial charge in [0.25, 0.3) is 0 Å². The number of aromatic amines is 1. The van der Waals surface area contributed by atoms with E-state index in [1.165, 1.54) is 24.7 Å². The van der Waals surface area contributed by atoms with Gasteiger partial charge in [-0.15, -0.1) is 0 Å². The Balaban J connectivity index is 1.47. The van der Waals surface area contributed by atoms with Gasteiger partial charge in [0.2, 0.25) is 5.95 Å². The molecule has 5 aromatic rings. The molecule has 0 amide bonds. The summed E-state index contributed by atoms with van der Waals surface area (Å²) >= 11 is 0. The van der Waals surface area contributed by atoms with E-state index in [9.17, 15) is 5.26 Å². The molecule has 0 atom stereocenters. The number of nitrogens with one attached hydrogen (secondary N) is 1. The molecule has 184 valence electrons. The van der Waals surface area contributed by atoms with Crippen LogP contribution in [0.3, 0.4) is 0 Å². The molecule has 1 aromatic carbocycles. The van der Waals surface area contributed by atoms with Gasteiger partial charge in [-0.3, -0.25) is 9.88 Å². The zero-order chi connectivity index (χ0) is 25.4. The fourth-order valence-electron chi connectivity index (χ4n) is 4.93. The van der Waals surface area contributed by atoms with Crippen molar-refractivity contribution in [2.75, 3.05) is 25.0 Å². The second-order valence-corrected chi connectivity index (χ2v) is 9.43. The Labute approximate surface area is 215 Å². The second-order valence-electron chi connectivity index (χ2n) is 9.43. The van der Waals surface area contributed by atoms with E-state index in [0.29, 0.717) is 11.5 Å². The summed E-state index contributed by atoms with van der Waals surface area (Å²) in [6.45, 7) is 5.02. The topological polar surface area (TPSA) is 102 Å². The number of nitriles is 1. The number of H-pyrrole nitrogens is 1. The molecule has 0 radical (unpaired) electrons. The van der Waals surface area contributed by atoms with E-state index >= 15 is 0 Å². The third kappa shape index (κ3) is 4.43. The predicted octanol–water partition coefficient (Wildman–Crippen LogP) is 4.73. The molecule has 37 heavy (non-hydrogen) atoms. The average molecular weight is 490 g/mol. The first-order chi connectivity index (χ1) is 18.1. The number of nitrogens with zero attached hydrogens (tertiary/aromatic N) is 8. The molecule has 1 N–H and O–H groups in total. The SMILES string of the molecule is Cc1cccc(-c2[nH]c(N(C)c3cc(C#N)ccc3CN3CCCC3)nc2-c2ccc3ncnn3c2)n1.